The summed E-state index contributed by atoms with van der Waals surface area (Å²) in [5, 5.41) is 8.18. The molecule has 0 heterocycles. The second-order valence-electron chi connectivity index (χ2n) is 5.25. The number of nitrogens with one attached hydrogen (secondary N) is 3. The highest BCUT2D eigenvalue weighted by molar-refractivity contribution is 5.97. The first-order chi connectivity index (χ1) is 11.5. The lowest BCUT2D eigenvalue weighted by atomic mass is 10.2. The van der Waals surface area contributed by atoms with Crippen molar-refractivity contribution in [3.63, 3.8) is 0 Å². The van der Waals surface area contributed by atoms with E-state index in [1.165, 1.54) is 0 Å². The third kappa shape index (κ3) is 6.78. The molecule has 0 radical (unpaired) electrons. The van der Waals surface area contributed by atoms with Crippen molar-refractivity contribution < 1.29 is 14.4 Å². The van der Waals surface area contributed by atoms with Gasteiger partial charge in [-0.2, -0.15) is 0 Å². The minimum atomic E-state index is -0.228. The molecule has 0 bridgehead atoms. The molecule has 0 aromatic heterocycles. The lowest BCUT2D eigenvalue weighted by Crippen LogP contribution is -2.41. The van der Waals surface area contributed by atoms with Gasteiger partial charge in [-0.1, -0.05) is 13.0 Å². The number of benzene rings is 1. The van der Waals surface area contributed by atoms with Crippen LogP contribution in [0.15, 0.2) is 24.3 Å². The van der Waals surface area contributed by atoms with Crippen LogP contribution in [-0.2, 0) is 9.59 Å². The predicted molar refractivity (Wildman–Crippen MR) is 93.9 cm³/mol. The van der Waals surface area contributed by atoms with Crippen molar-refractivity contribution in [3.8, 4) is 0 Å². The molecule has 3 amide bonds. The van der Waals surface area contributed by atoms with Crippen molar-refractivity contribution in [2.75, 3.05) is 38.0 Å². The number of anilines is 1. The molecular formula is C17H26N4O3. The van der Waals surface area contributed by atoms with E-state index in [0.717, 1.165) is 0 Å². The number of hydrogen-bond acceptors (Lipinski definition) is 4. The Morgan fingerprint density at radius 2 is 1.62 bits per heavy atom. The summed E-state index contributed by atoms with van der Waals surface area (Å²) in [5.74, 6) is -0.514. The summed E-state index contributed by atoms with van der Waals surface area (Å²) in [6.45, 7) is 7.57. The fourth-order valence-electron chi connectivity index (χ4n) is 2.14. The molecule has 1 rings (SSSR count). The van der Waals surface area contributed by atoms with Gasteiger partial charge >= 0.3 is 0 Å². The van der Waals surface area contributed by atoms with E-state index < -0.39 is 0 Å². The van der Waals surface area contributed by atoms with Gasteiger partial charge in [0.1, 0.15) is 0 Å². The number of carbonyl (C=O) groups excluding carboxylic acids is 3. The average Bonchev–Trinajstić information content (AvgIpc) is 2.54. The Morgan fingerprint density at radius 3 is 2.25 bits per heavy atom. The Kier molecular flexibility index (Phi) is 8.49. The summed E-state index contributed by atoms with van der Waals surface area (Å²) in [6.07, 6.45) is 0. The van der Waals surface area contributed by atoms with Gasteiger partial charge in [0, 0.05) is 24.3 Å². The number of carbonyl (C=O) groups is 3. The molecule has 0 unspecified atom stereocenters. The van der Waals surface area contributed by atoms with E-state index >= 15 is 0 Å². The zero-order chi connectivity index (χ0) is 17.9. The van der Waals surface area contributed by atoms with Crippen molar-refractivity contribution in [2.24, 2.45) is 0 Å². The van der Waals surface area contributed by atoms with Gasteiger partial charge in [-0.3, -0.25) is 19.3 Å². The summed E-state index contributed by atoms with van der Waals surface area (Å²) < 4.78 is 0. The summed E-state index contributed by atoms with van der Waals surface area (Å²) in [5.41, 5.74) is 1.04. The van der Waals surface area contributed by atoms with Crippen LogP contribution in [0, 0.1) is 0 Å². The average molecular weight is 334 g/mol. The van der Waals surface area contributed by atoms with Gasteiger partial charge in [0.2, 0.25) is 11.8 Å². The van der Waals surface area contributed by atoms with Crippen LogP contribution in [0.1, 0.15) is 31.1 Å². The van der Waals surface area contributed by atoms with Gasteiger partial charge in [-0.15, -0.1) is 0 Å². The Balaban J connectivity index is 2.62. The van der Waals surface area contributed by atoms with E-state index in [0.29, 0.717) is 30.9 Å². The zero-order valence-electron chi connectivity index (χ0n) is 14.5. The number of likely N-dealkylation sites (N-methyl/N-ethyl adjacent to an activating group) is 2. The standard InChI is InChI=1S/C17H26N4O3/c1-4-18-15(22)11-21(6-3)12-16(23)20-14-9-7-8-13(10-14)17(24)19-5-2/h7-10H,4-6,11-12H2,1-3H3,(H,18,22)(H,19,24)(H,20,23). The van der Waals surface area contributed by atoms with E-state index in [2.05, 4.69) is 16.0 Å². The van der Waals surface area contributed by atoms with Crippen molar-refractivity contribution in [3.05, 3.63) is 29.8 Å². The molecule has 0 aliphatic rings. The molecule has 3 N–H and O–H groups in total. The molecule has 0 aliphatic heterocycles. The van der Waals surface area contributed by atoms with Crippen molar-refractivity contribution in [1.82, 2.24) is 15.5 Å². The molecule has 0 fully saturated rings. The van der Waals surface area contributed by atoms with E-state index in [1.54, 1.807) is 29.2 Å². The highest BCUT2D eigenvalue weighted by Crippen LogP contribution is 2.10. The maximum absolute atomic E-state index is 12.1. The van der Waals surface area contributed by atoms with Crippen LogP contribution in [0.25, 0.3) is 0 Å². The maximum Gasteiger partial charge on any atom is 0.251 e. The van der Waals surface area contributed by atoms with E-state index in [4.69, 9.17) is 0 Å². The predicted octanol–water partition coefficient (Wildman–Crippen LogP) is 0.833. The maximum atomic E-state index is 12.1. The van der Waals surface area contributed by atoms with Crippen LogP contribution in [0.2, 0.25) is 0 Å². The molecule has 7 nitrogen and oxygen atoms in total. The van der Waals surface area contributed by atoms with Crippen molar-refractivity contribution >= 4 is 23.4 Å². The van der Waals surface area contributed by atoms with Crippen molar-refractivity contribution in [1.29, 1.82) is 0 Å². The van der Waals surface area contributed by atoms with Crippen LogP contribution < -0.4 is 16.0 Å². The fraction of sp³-hybridized carbons (Fsp3) is 0.471. The van der Waals surface area contributed by atoms with E-state index in [9.17, 15) is 14.4 Å². The minimum Gasteiger partial charge on any atom is -0.355 e. The molecule has 132 valence electrons. The quantitative estimate of drug-likeness (QED) is 0.624. The molecule has 0 atom stereocenters. The van der Waals surface area contributed by atoms with Gasteiger partial charge in [0.15, 0.2) is 0 Å². The first kappa shape index (κ1) is 19.6. The SMILES string of the molecule is CCNC(=O)CN(CC)CC(=O)Nc1cccc(C(=O)NCC)c1. The second-order valence-corrected chi connectivity index (χ2v) is 5.25. The fourth-order valence-corrected chi connectivity index (χ4v) is 2.14. The Bertz CT molecular complexity index is 575. The largest absolute Gasteiger partial charge is 0.355 e. The third-order valence-electron chi connectivity index (χ3n) is 3.30. The number of rotatable bonds is 9. The summed E-state index contributed by atoms with van der Waals surface area (Å²) in [4.78, 5) is 37.3. The summed E-state index contributed by atoms with van der Waals surface area (Å²) in [6, 6.07) is 6.75. The lowest BCUT2D eigenvalue weighted by molar-refractivity contribution is -0.123. The Labute approximate surface area is 142 Å². The summed E-state index contributed by atoms with van der Waals surface area (Å²) in [7, 11) is 0. The topological polar surface area (TPSA) is 90.5 Å². The van der Waals surface area contributed by atoms with Crippen LogP contribution in [0.3, 0.4) is 0 Å². The Morgan fingerprint density at radius 1 is 0.958 bits per heavy atom. The highest BCUT2D eigenvalue weighted by atomic mass is 16.2. The van der Waals surface area contributed by atoms with E-state index in [1.807, 2.05) is 20.8 Å². The monoisotopic (exact) mass is 334 g/mol. The molecule has 0 saturated heterocycles. The molecule has 0 aliphatic carbocycles. The van der Waals surface area contributed by atoms with Crippen LogP contribution in [0.5, 0.6) is 0 Å². The first-order valence-corrected chi connectivity index (χ1v) is 8.17. The van der Waals surface area contributed by atoms with Crippen molar-refractivity contribution in [2.45, 2.75) is 20.8 Å². The van der Waals surface area contributed by atoms with Crippen LogP contribution in [-0.4, -0.2) is 55.3 Å². The van der Waals surface area contributed by atoms with Gasteiger partial charge in [0.25, 0.3) is 5.91 Å². The van der Waals surface area contributed by atoms with Gasteiger partial charge in [-0.05, 0) is 38.6 Å². The number of nitrogens with zero attached hydrogens (tertiary/aromatic N) is 1. The van der Waals surface area contributed by atoms with E-state index in [-0.39, 0.29) is 30.8 Å². The molecule has 24 heavy (non-hydrogen) atoms. The molecule has 0 saturated carbocycles. The molecule has 7 heteroatoms. The molecule has 1 aromatic rings. The minimum absolute atomic E-state index is 0.106. The highest BCUT2D eigenvalue weighted by Gasteiger charge is 2.13. The Hall–Kier alpha value is -2.41. The zero-order valence-corrected chi connectivity index (χ0v) is 14.5. The van der Waals surface area contributed by atoms with Gasteiger partial charge < -0.3 is 16.0 Å². The second kappa shape index (κ2) is 10.4. The number of amides is 3. The van der Waals surface area contributed by atoms with Gasteiger partial charge in [0.05, 0.1) is 13.1 Å². The lowest BCUT2D eigenvalue weighted by Gasteiger charge is -2.19. The van der Waals surface area contributed by atoms with Crippen LogP contribution in [0.4, 0.5) is 5.69 Å². The summed E-state index contributed by atoms with van der Waals surface area (Å²) >= 11 is 0. The molecule has 1 aromatic carbocycles. The third-order valence-corrected chi connectivity index (χ3v) is 3.30. The smallest absolute Gasteiger partial charge is 0.251 e. The van der Waals surface area contributed by atoms with Gasteiger partial charge in [-0.25, -0.2) is 0 Å². The normalized spacial score (nSPS) is 10.3. The van der Waals surface area contributed by atoms with Crippen LogP contribution >= 0.6 is 0 Å². The number of hydrogen-bond donors (Lipinski definition) is 3. The molecule has 0 spiro atoms. The first-order valence-electron chi connectivity index (χ1n) is 8.17. The molecular weight excluding hydrogens is 308 g/mol.